The number of ether oxygens (including phenoxy) is 1. The number of thiophene rings is 1. The molecule has 0 spiro atoms. The molecule has 0 aliphatic rings. The van der Waals surface area contributed by atoms with Crippen molar-refractivity contribution in [2.24, 2.45) is 0 Å². The molecule has 1 aromatic carbocycles. The highest BCUT2D eigenvalue weighted by molar-refractivity contribution is 7.09. The zero-order valence-corrected chi connectivity index (χ0v) is 11.7. The predicted molar refractivity (Wildman–Crippen MR) is 77.4 cm³/mol. The fourth-order valence-corrected chi connectivity index (χ4v) is 2.80. The molecule has 0 aliphatic carbocycles. The molecule has 96 valence electrons. The minimum Gasteiger partial charge on any atom is -0.497 e. The summed E-state index contributed by atoms with van der Waals surface area (Å²) in [5.74, 6) is 0.920. The Bertz CT molecular complexity index is 467. The summed E-state index contributed by atoms with van der Waals surface area (Å²) >= 11 is 1.83. The molecule has 0 saturated heterocycles. The summed E-state index contributed by atoms with van der Waals surface area (Å²) in [4.78, 5) is 1.44. The van der Waals surface area contributed by atoms with Crippen molar-refractivity contribution in [1.29, 1.82) is 0 Å². The molecule has 3 heteroatoms. The molecule has 2 nitrogen and oxygen atoms in total. The summed E-state index contributed by atoms with van der Waals surface area (Å²) in [6.07, 6.45) is 2.21. The molecule has 0 radical (unpaired) electrons. The van der Waals surface area contributed by atoms with Crippen LogP contribution in [0.25, 0.3) is 0 Å². The highest BCUT2D eigenvalue weighted by atomic mass is 32.1. The van der Waals surface area contributed by atoms with Gasteiger partial charge in [0.2, 0.25) is 0 Å². The fourth-order valence-electron chi connectivity index (χ4n) is 2.08. The number of hydrogen-bond acceptors (Lipinski definition) is 3. The van der Waals surface area contributed by atoms with E-state index in [4.69, 9.17) is 4.74 Å². The zero-order valence-electron chi connectivity index (χ0n) is 10.8. The van der Waals surface area contributed by atoms with Crippen molar-refractivity contribution < 1.29 is 4.74 Å². The molecule has 0 fully saturated rings. The van der Waals surface area contributed by atoms with Crippen molar-refractivity contribution in [3.63, 3.8) is 0 Å². The van der Waals surface area contributed by atoms with Crippen LogP contribution in [0.15, 0.2) is 41.8 Å². The Kier molecular flexibility index (Phi) is 4.79. The summed E-state index contributed by atoms with van der Waals surface area (Å²) in [7, 11) is 3.72. The van der Waals surface area contributed by atoms with Crippen LogP contribution in [-0.4, -0.2) is 14.2 Å². The van der Waals surface area contributed by atoms with Gasteiger partial charge in [0.05, 0.1) is 7.11 Å². The smallest absolute Gasteiger partial charge is 0.119 e. The maximum Gasteiger partial charge on any atom is 0.119 e. The van der Waals surface area contributed by atoms with Crippen molar-refractivity contribution >= 4 is 11.3 Å². The Labute approximate surface area is 113 Å². The second-order valence-corrected chi connectivity index (χ2v) is 5.27. The molecule has 0 bridgehead atoms. The van der Waals surface area contributed by atoms with Gasteiger partial charge in [-0.1, -0.05) is 18.2 Å². The first-order valence-electron chi connectivity index (χ1n) is 6.17. The van der Waals surface area contributed by atoms with Gasteiger partial charge in [-0.25, -0.2) is 0 Å². The first-order valence-corrected chi connectivity index (χ1v) is 7.05. The van der Waals surface area contributed by atoms with Gasteiger partial charge >= 0.3 is 0 Å². The minimum absolute atomic E-state index is 0.377. The highest BCUT2D eigenvalue weighted by Gasteiger charge is 2.10. The monoisotopic (exact) mass is 261 g/mol. The summed E-state index contributed by atoms with van der Waals surface area (Å²) in [6, 6.07) is 13.0. The standard InChI is InChI=1S/C15H19NOS/c1-16-15(9-8-14-7-4-10-18-14)12-5-3-6-13(11-12)17-2/h3-7,10-11,15-16H,8-9H2,1-2H3. The average Bonchev–Trinajstić information content (AvgIpc) is 2.93. The van der Waals surface area contributed by atoms with Gasteiger partial charge in [0.1, 0.15) is 5.75 Å². The van der Waals surface area contributed by atoms with Gasteiger partial charge in [0, 0.05) is 10.9 Å². The van der Waals surface area contributed by atoms with Crippen LogP contribution in [0.4, 0.5) is 0 Å². The Hall–Kier alpha value is -1.32. The maximum atomic E-state index is 5.27. The third kappa shape index (κ3) is 3.34. The summed E-state index contributed by atoms with van der Waals surface area (Å²) in [6.45, 7) is 0. The first kappa shape index (κ1) is 13.1. The lowest BCUT2D eigenvalue weighted by atomic mass is 10.0. The second kappa shape index (κ2) is 6.57. The van der Waals surface area contributed by atoms with E-state index >= 15 is 0 Å². The Morgan fingerprint density at radius 2 is 2.17 bits per heavy atom. The lowest BCUT2D eigenvalue weighted by Gasteiger charge is -2.17. The molecule has 1 heterocycles. The second-order valence-electron chi connectivity index (χ2n) is 4.24. The quantitative estimate of drug-likeness (QED) is 0.857. The van der Waals surface area contributed by atoms with Crippen LogP contribution >= 0.6 is 11.3 Å². The first-order chi connectivity index (χ1) is 8.83. The lowest BCUT2D eigenvalue weighted by Crippen LogP contribution is -2.17. The van der Waals surface area contributed by atoms with Gasteiger partial charge < -0.3 is 10.1 Å². The van der Waals surface area contributed by atoms with Crippen molar-refractivity contribution in [3.8, 4) is 5.75 Å². The molecule has 18 heavy (non-hydrogen) atoms. The molecule has 2 aromatic rings. The van der Waals surface area contributed by atoms with E-state index in [1.54, 1.807) is 7.11 Å². The van der Waals surface area contributed by atoms with Crippen LogP contribution < -0.4 is 10.1 Å². The molecule has 0 amide bonds. The Balaban J connectivity index is 2.03. The van der Waals surface area contributed by atoms with E-state index in [1.807, 2.05) is 30.5 Å². The van der Waals surface area contributed by atoms with Gasteiger partial charge in [-0.3, -0.25) is 0 Å². The number of nitrogens with one attached hydrogen (secondary N) is 1. The molecule has 1 atom stereocenters. The third-order valence-electron chi connectivity index (χ3n) is 3.10. The third-order valence-corrected chi connectivity index (χ3v) is 4.04. The van der Waals surface area contributed by atoms with Crippen molar-refractivity contribution in [2.75, 3.05) is 14.2 Å². The topological polar surface area (TPSA) is 21.3 Å². The van der Waals surface area contributed by atoms with Gasteiger partial charge in [0.15, 0.2) is 0 Å². The summed E-state index contributed by atoms with van der Waals surface area (Å²) < 4.78 is 5.27. The van der Waals surface area contributed by atoms with Crippen LogP contribution in [0.2, 0.25) is 0 Å². The molecule has 1 unspecified atom stereocenters. The number of benzene rings is 1. The molecular weight excluding hydrogens is 242 g/mol. The van der Waals surface area contributed by atoms with Crippen molar-refractivity contribution in [1.82, 2.24) is 5.32 Å². The van der Waals surface area contributed by atoms with Crippen LogP contribution in [0.5, 0.6) is 5.75 Å². The number of rotatable bonds is 6. The van der Waals surface area contributed by atoms with Gasteiger partial charge in [-0.15, -0.1) is 11.3 Å². The van der Waals surface area contributed by atoms with E-state index in [0.717, 1.165) is 18.6 Å². The summed E-state index contributed by atoms with van der Waals surface area (Å²) in [5.41, 5.74) is 1.29. The molecule has 0 aliphatic heterocycles. The minimum atomic E-state index is 0.377. The SMILES string of the molecule is CNC(CCc1cccs1)c1cccc(OC)c1. The normalized spacial score (nSPS) is 12.3. The Morgan fingerprint density at radius 1 is 1.28 bits per heavy atom. The van der Waals surface area contributed by atoms with Crippen LogP contribution in [0.1, 0.15) is 22.9 Å². The summed E-state index contributed by atoms with van der Waals surface area (Å²) in [5, 5.41) is 5.52. The number of aryl methyl sites for hydroxylation is 1. The van der Waals surface area contributed by atoms with Crippen LogP contribution in [0.3, 0.4) is 0 Å². The van der Waals surface area contributed by atoms with Gasteiger partial charge in [0.25, 0.3) is 0 Å². The maximum absolute atomic E-state index is 5.27. The lowest BCUT2D eigenvalue weighted by molar-refractivity contribution is 0.413. The molecule has 0 saturated carbocycles. The molecule has 1 N–H and O–H groups in total. The highest BCUT2D eigenvalue weighted by Crippen LogP contribution is 2.23. The van der Waals surface area contributed by atoms with E-state index in [9.17, 15) is 0 Å². The van der Waals surface area contributed by atoms with E-state index in [0.29, 0.717) is 6.04 Å². The number of hydrogen-bond donors (Lipinski definition) is 1. The molecule has 2 rings (SSSR count). The zero-order chi connectivity index (χ0) is 12.8. The van der Waals surface area contributed by atoms with E-state index in [1.165, 1.54) is 10.4 Å². The van der Waals surface area contributed by atoms with Crippen molar-refractivity contribution in [2.45, 2.75) is 18.9 Å². The average molecular weight is 261 g/mol. The number of methoxy groups -OCH3 is 1. The van der Waals surface area contributed by atoms with Crippen LogP contribution in [-0.2, 0) is 6.42 Å². The Morgan fingerprint density at radius 3 is 2.83 bits per heavy atom. The predicted octanol–water partition coefficient (Wildman–Crippen LogP) is 3.65. The van der Waals surface area contributed by atoms with Crippen LogP contribution in [0, 0.1) is 0 Å². The van der Waals surface area contributed by atoms with E-state index in [-0.39, 0.29) is 0 Å². The van der Waals surface area contributed by atoms with E-state index in [2.05, 4.69) is 35.0 Å². The van der Waals surface area contributed by atoms with Gasteiger partial charge in [-0.2, -0.15) is 0 Å². The molecular formula is C15H19NOS. The largest absolute Gasteiger partial charge is 0.497 e. The van der Waals surface area contributed by atoms with Crippen molar-refractivity contribution in [3.05, 3.63) is 52.2 Å². The fraction of sp³-hybridized carbons (Fsp3) is 0.333. The van der Waals surface area contributed by atoms with E-state index < -0.39 is 0 Å². The molecule has 1 aromatic heterocycles. The van der Waals surface area contributed by atoms with Gasteiger partial charge in [-0.05, 0) is 49.0 Å².